The monoisotopic (exact) mass is 186 g/mol. The molecule has 1 aliphatic rings. The molecule has 1 unspecified atom stereocenters. The molecular formula is C6H4NO4S. The molecule has 0 N–H and O–H groups in total. The summed E-state index contributed by atoms with van der Waals surface area (Å²) in [6.07, 6.45) is 6.05. The molecule has 12 heavy (non-hydrogen) atoms. The first kappa shape index (κ1) is 8.66. The van der Waals surface area contributed by atoms with Gasteiger partial charge in [0.15, 0.2) is 0 Å². The third-order valence-electron chi connectivity index (χ3n) is 1.31. The molecule has 0 aromatic carbocycles. The molecule has 0 saturated carbocycles. The standard InChI is InChI=1S/C6H4NO4S/c8-7(9)5-3-1-2-4-6(5)12(10)11/h1,3-5H. The second kappa shape index (κ2) is 3.31. The van der Waals surface area contributed by atoms with Gasteiger partial charge >= 0.3 is 0 Å². The van der Waals surface area contributed by atoms with Crippen LogP contribution in [0.2, 0.25) is 0 Å². The molecule has 6 heteroatoms. The molecule has 0 aromatic rings. The maximum absolute atomic E-state index is 10.4. The Morgan fingerprint density at radius 1 is 1.58 bits per heavy atom. The lowest BCUT2D eigenvalue weighted by atomic mass is 10.1. The average molecular weight is 186 g/mol. The fourth-order valence-electron chi connectivity index (χ4n) is 0.778. The molecule has 1 rings (SSSR count). The van der Waals surface area contributed by atoms with Crippen LogP contribution in [-0.2, 0) is 10.3 Å². The van der Waals surface area contributed by atoms with Gasteiger partial charge in [-0.2, -0.15) is 8.42 Å². The second-order valence-corrected chi connectivity index (χ2v) is 2.98. The van der Waals surface area contributed by atoms with E-state index in [1.165, 1.54) is 12.2 Å². The minimum absolute atomic E-state index is 0.262. The first-order valence-electron chi connectivity index (χ1n) is 2.98. The number of allylic oxidation sites excluding steroid dienone is 2. The SMILES string of the molecule is O=[N+]([O-])C1C=C[C]=CC1=S(=O)=O. The van der Waals surface area contributed by atoms with E-state index in [0.717, 1.165) is 6.08 Å². The van der Waals surface area contributed by atoms with E-state index in [4.69, 9.17) is 0 Å². The van der Waals surface area contributed by atoms with Gasteiger partial charge in [0.2, 0.25) is 10.3 Å². The summed E-state index contributed by atoms with van der Waals surface area (Å²) in [7, 11) is -2.55. The summed E-state index contributed by atoms with van der Waals surface area (Å²) in [4.78, 5) is 9.35. The van der Waals surface area contributed by atoms with Crippen LogP contribution in [0, 0.1) is 16.2 Å². The minimum atomic E-state index is -2.55. The van der Waals surface area contributed by atoms with Crippen LogP contribution in [0.25, 0.3) is 0 Å². The van der Waals surface area contributed by atoms with Crippen LogP contribution < -0.4 is 0 Å². The fourth-order valence-corrected chi connectivity index (χ4v) is 1.30. The normalized spacial score (nSPS) is 21.0. The van der Waals surface area contributed by atoms with Crippen molar-refractivity contribution in [3.63, 3.8) is 0 Å². The molecule has 0 saturated heterocycles. The van der Waals surface area contributed by atoms with Crippen molar-refractivity contribution in [3.8, 4) is 0 Å². The molecule has 1 aliphatic carbocycles. The Morgan fingerprint density at radius 3 is 2.67 bits per heavy atom. The zero-order valence-corrected chi connectivity index (χ0v) is 6.61. The maximum Gasteiger partial charge on any atom is 0.270 e. The minimum Gasteiger partial charge on any atom is -0.264 e. The smallest absolute Gasteiger partial charge is 0.264 e. The zero-order valence-electron chi connectivity index (χ0n) is 5.80. The van der Waals surface area contributed by atoms with E-state index in [9.17, 15) is 18.5 Å². The second-order valence-electron chi connectivity index (χ2n) is 2.04. The summed E-state index contributed by atoms with van der Waals surface area (Å²) in [6, 6.07) is -1.26. The van der Waals surface area contributed by atoms with Gasteiger partial charge in [0.05, 0.1) is 0 Å². The quantitative estimate of drug-likeness (QED) is 0.317. The zero-order chi connectivity index (χ0) is 9.14. The van der Waals surface area contributed by atoms with Gasteiger partial charge in [-0.05, 0) is 18.2 Å². The maximum atomic E-state index is 10.4. The summed E-state index contributed by atoms with van der Waals surface area (Å²) < 4.78 is 20.8. The number of hydrogen-bond acceptors (Lipinski definition) is 4. The predicted molar refractivity (Wildman–Crippen MR) is 41.7 cm³/mol. The highest BCUT2D eigenvalue weighted by Gasteiger charge is 2.24. The highest BCUT2D eigenvalue weighted by molar-refractivity contribution is 7.73. The Balaban J connectivity index is 3.19. The van der Waals surface area contributed by atoms with Crippen LogP contribution in [-0.4, -0.2) is 24.2 Å². The van der Waals surface area contributed by atoms with Crippen molar-refractivity contribution in [2.24, 2.45) is 0 Å². The van der Waals surface area contributed by atoms with Crippen LogP contribution in [0.1, 0.15) is 0 Å². The third-order valence-corrected chi connectivity index (χ3v) is 2.06. The van der Waals surface area contributed by atoms with E-state index in [-0.39, 0.29) is 4.86 Å². The number of nitrogens with zero attached hydrogens (tertiary/aromatic N) is 1. The molecule has 0 heterocycles. The highest BCUT2D eigenvalue weighted by Crippen LogP contribution is 2.02. The van der Waals surface area contributed by atoms with Gasteiger partial charge in [0.1, 0.15) is 4.86 Å². The van der Waals surface area contributed by atoms with Crippen molar-refractivity contribution in [2.45, 2.75) is 6.04 Å². The molecule has 0 amide bonds. The van der Waals surface area contributed by atoms with Gasteiger partial charge in [-0.15, -0.1) is 0 Å². The van der Waals surface area contributed by atoms with Gasteiger partial charge in [-0.25, -0.2) is 0 Å². The predicted octanol–water partition coefficient (Wildman–Crippen LogP) is -0.388. The molecule has 0 aliphatic heterocycles. The first-order chi connectivity index (χ1) is 5.63. The third kappa shape index (κ3) is 1.59. The van der Waals surface area contributed by atoms with E-state index < -0.39 is 21.3 Å². The van der Waals surface area contributed by atoms with Crippen molar-refractivity contribution in [2.75, 3.05) is 0 Å². The van der Waals surface area contributed by atoms with E-state index >= 15 is 0 Å². The summed E-state index contributed by atoms with van der Waals surface area (Å²) in [5, 5.41) is 10.3. The van der Waals surface area contributed by atoms with E-state index in [2.05, 4.69) is 6.08 Å². The Hall–Kier alpha value is -1.43. The Bertz CT molecular complexity index is 382. The van der Waals surface area contributed by atoms with Gasteiger partial charge in [-0.1, -0.05) is 6.08 Å². The number of nitro groups is 1. The van der Waals surface area contributed by atoms with Crippen LogP contribution in [0.3, 0.4) is 0 Å². The van der Waals surface area contributed by atoms with Gasteiger partial charge < -0.3 is 0 Å². The largest absolute Gasteiger partial charge is 0.270 e. The van der Waals surface area contributed by atoms with E-state index in [1.54, 1.807) is 0 Å². The summed E-state index contributed by atoms with van der Waals surface area (Å²) in [5.41, 5.74) is 0. The van der Waals surface area contributed by atoms with Crippen molar-refractivity contribution in [1.29, 1.82) is 0 Å². The Labute approximate surface area is 69.7 Å². The molecule has 0 bridgehead atoms. The molecule has 1 radical (unpaired) electrons. The van der Waals surface area contributed by atoms with Crippen molar-refractivity contribution in [1.82, 2.24) is 0 Å². The number of hydrogen-bond donors (Lipinski definition) is 0. The molecule has 0 fully saturated rings. The van der Waals surface area contributed by atoms with Crippen LogP contribution in [0.4, 0.5) is 0 Å². The fraction of sp³-hybridized carbons (Fsp3) is 0.167. The van der Waals surface area contributed by atoms with Crippen molar-refractivity contribution >= 4 is 15.2 Å². The average Bonchev–Trinajstić information content (AvgIpc) is 2.04. The van der Waals surface area contributed by atoms with E-state index in [1.807, 2.05) is 0 Å². The lowest BCUT2D eigenvalue weighted by Gasteiger charge is -2.03. The first-order valence-corrected chi connectivity index (χ1v) is 4.06. The molecule has 0 aromatic heterocycles. The topological polar surface area (TPSA) is 77.3 Å². The van der Waals surface area contributed by atoms with Crippen molar-refractivity contribution in [3.05, 3.63) is 34.4 Å². The van der Waals surface area contributed by atoms with Gasteiger partial charge in [0.25, 0.3) is 6.04 Å². The van der Waals surface area contributed by atoms with Gasteiger partial charge in [0, 0.05) is 4.92 Å². The lowest BCUT2D eigenvalue weighted by Crippen LogP contribution is -2.27. The Kier molecular flexibility index (Phi) is 2.39. The lowest BCUT2D eigenvalue weighted by molar-refractivity contribution is -0.489. The summed E-state index contributed by atoms with van der Waals surface area (Å²) >= 11 is 0. The summed E-state index contributed by atoms with van der Waals surface area (Å²) in [6.45, 7) is 0. The van der Waals surface area contributed by atoms with Crippen LogP contribution in [0.5, 0.6) is 0 Å². The highest BCUT2D eigenvalue weighted by atomic mass is 32.2. The molecular weight excluding hydrogens is 182 g/mol. The summed E-state index contributed by atoms with van der Waals surface area (Å²) in [5.74, 6) is 0. The molecule has 1 atom stereocenters. The van der Waals surface area contributed by atoms with Crippen LogP contribution in [0.15, 0.2) is 18.2 Å². The molecule has 63 valence electrons. The van der Waals surface area contributed by atoms with Gasteiger partial charge in [-0.3, -0.25) is 10.1 Å². The van der Waals surface area contributed by atoms with Crippen LogP contribution >= 0.6 is 0 Å². The molecule has 5 nitrogen and oxygen atoms in total. The van der Waals surface area contributed by atoms with Crippen molar-refractivity contribution < 1.29 is 13.3 Å². The molecule has 0 spiro atoms. The van der Waals surface area contributed by atoms with E-state index in [0.29, 0.717) is 0 Å². The number of rotatable bonds is 1. The Morgan fingerprint density at radius 2 is 2.25 bits per heavy atom.